The Morgan fingerprint density at radius 2 is 2.19 bits per heavy atom. The summed E-state index contributed by atoms with van der Waals surface area (Å²) in [7, 11) is 0. The molecule has 0 aromatic carbocycles. The highest BCUT2D eigenvalue weighted by Crippen LogP contribution is 2.27. The second-order valence-electron chi connectivity index (χ2n) is 5.98. The highest BCUT2D eigenvalue weighted by atomic mass is 32.2. The third-order valence-corrected chi connectivity index (χ3v) is 6.83. The predicted octanol–water partition coefficient (Wildman–Crippen LogP) is 1.41. The molecule has 3 saturated heterocycles. The number of hydroxylamine groups is 1. The molecule has 21 heavy (non-hydrogen) atoms. The summed E-state index contributed by atoms with van der Waals surface area (Å²) in [5, 5.41) is 4.26. The Balaban J connectivity index is 1.38. The lowest BCUT2D eigenvalue weighted by Crippen LogP contribution is -2.33. The maximum Gasteiger partial charge on any atom is 0.119 e. The number of thioether (sulfide) groups is 2. The minimum absolute atomic E-state index is 0.233. The van der Waals surface area contributed by atoms with Crippen LogP contribution in [0.15, 0.2) is 12.2 Å². The van der Waals surface area contributed by atoms with Crippen LogP contribution < -0.4 is 21.6 Å². The first kappa shape index (κ1) is 16.1. The first-order valence-electron chi connectivity index (χ1n) is 7.82. The molecule has 0 bridgehead atoms. The van der Waals surface area contributed by atoms with Crippen LogP contribution in [-0.2, 0) is 4.84 Å². The van der Waals surface area contributed by atoms with Gasteiger partial charge in [0.2, 0.25) is 0 Å². The number of hydrogen-bond acceptors (Lipinski definition) is 7. The summed E-state index contributed by atoms with van der Waals surface area (Å²) in [6.07, 6.45) is 7.80. The zero-order valence-electron chi connectivity index (χ0n) is 12.7. The molecular weight excluding hydrogens is 304 g/mol. The normalized spacial score (nSPS) is 44.1. The molecule has 0 aromatic heterocycles. The fourth-order valence-electron chi connectivity index (χ4n) is 2.88. The molecule has 6 atom stereocenters. The Bertz CT molecular complexity index is 355. The van der Waals surface area contributed by atoms with Gasteiger partial charge < -0.3 is 0 Å². The largest absolute Gasteiger partial charge is 0.298 e. The molecule has 3 rings (SSSR count). The molecule has 0 radical (unpaired) electrons. The van der Waals surface area contributed by atoms with Crippen LogP contribution in [0.5, 0.6) is 0 Å². The first-order chi connectivity index (χ1) is 10.2. The van der Waals surface area contributed by atoms with Crippen LogP contribution in [0.2, 0.25) is 0 Å². The fraction of sp³-hybridized carbons (Fsp3) is 0.857. The van der Waals surface area contributed by atoms with E-state index in [0.717, 1.165) is 5.75 Å². The first-order valence-corrected chi connectivity index (χ1v) is 9.92. The molecule has 0 amide bonds. The molecule has 3 aliphatic rings. The molecule has 3 fully saturated rings. The van der Waals surface area contributed by atoms with Crippen LogP contribution in [0.25, 0.3) is 0 Å². The summed E-state index contributed by atoms with van der Waals surface area (Å²) in [5.74, 6) is 2.95. The van der Waals surface area contributed by atoms with Gasteiger partial charge in [0, 0.05) is 23.0 Å². The van der Waals surface area contributed by atoms with Crippen LogP contribution in [0.4, 0.5) is 0 Å². The number of nitrogens with one attached hydrogen (secondary N) is 4. The second kappa shape index (κ2) is 7.68. The Morgan fingerprint density at radius 1 is 1.29 bits per heavy atom. The van der Waals surface area contributed by atoms with E-state index >= 15 is 0 Å². The monoisotopic (exact) mass is 330 g/mol. The molecule has 0 saturated carbocycles. The summed E-state index contributed by atoms with van der Waals surface area (Å²) >= 11 is 3.97. The highest BCUT2D eigenvalue weighted by Gasteiger charge is 2.32. The molecule has 0 aliphatic carbocycles. The molecule has 4 N–H and O–H groups in total. The van der Waals surface area contributed by atoms with E-state index in [-0.39, 0.29) is 17.8 Å². The van der Waals surface area contributed by atoms with Gasteiger partial charge in [0.05, 0.1) is 12.3 Å². The molecule has 5 nitrogen and oxygen atoms in total. The zero-order chi connectivity index (χ0) is 14.7. The van der Waals surface area contributed by atoms with Gasteiger partial charge in [0.25, 0.3) is 0 Å². The van der Waals surface area contributed by atoms with E-state index in [2.05, 4.69) is 59.4 Å². The van der Waals surface area contributed by atoms with E-state index in [0.29, 0.717) is 17.2 Å². The summed E-state index contributed by atoms with van der Waals surface area (Å²) < 4.78 is 0. The third kappa shape index (κ3) is 4.37. The minimum Gasteiger partial charge on any atom is -0.298 e. The van der Waals surface area contributed by atoms with Gasteiger partial charge >= 0.3 is 0 Å². The van der Waals surface area contributed by atoms with Crippen molar-refractivity contribution >= 4 is 23.5 Å². The summed E-state index contributed by atoms with van der Waals surface area (Å²) in [5.41, 5.74) is 9.95. The van der Waals surface area contributed by atoms with Gasteiger partial charge in [-0.3, -0.25) is 10.2 Å². The predicted molar refractivity (Wildman–Crippen MR) is 90.7 cm³/mol. The third-order valence-electron chi connectivity index (χ3n) is 4.32. The fourth-order valence-corrected chi connectivity index (χ4v) is 5.42. The van der Waals surface area contributed by atoms with Crippen LogP contribution in [0.1, 0.15) is 26.7 Å². The lowest BCUT2D eigenvalue weighted by atomic mass is 10.0. The van der Waals surface area contributed by atoms with Gasteiger partial charge in [-0.25, -0.2) is 10.9 Å². The molecule has 6 unspecified atom stereocenters. The smallest absolute Gasteiger partial charge is 0.119 e. The zero-order valence-corrected chi connectivity index (χ0v) is 14.3. The summed E-state index contributed by atoms with van der Waals surface area (Å²) in [6.45, 7) is 4.33. The molecule has 3 aliphatic heterocycles. The Hall–Kier alpha value is 0.240. The van der Waals surface area contributed by atoms with Gasteiger partial charge in [0.15, 0.2) is 0 Å². The molecular formula is C14H26N4OS2. The van der Waals surface area contributed by atoms with Crippen LogP contribution in [-0.4, -0.2) is 40.6 Å². The van der Waals surface area contributed by atoms with Crippen molar-refractivity contribution in [2.45, 2.75) is 55.7 Å². The van der Waals surface area contributed by atoms with Crippen molar-refractivity contribution in [3.8, 4) is 0 Å². The van der Waals surface area contributed by atoms with Crippen molar-refractivity contribution in [3.63, 3.8) is 0 Å². The Labute approximate surface area is 135 Å². The average Bonchev–Trinajstić information content (AvgIpc) is 3.18. The lowest BCUT2D eigenvalue weighted by molar-refractivity contribution is 0.0322. The van der Waals surface area contributed by atoms with Gasteiger partial charge in [0.1, 0.15) is 5.50 Å². The van der Waals surface area contributed by atoms with E-state index in [1.54, 1.807) is 0 Å². The summed E-state index contributed by atoms with van der Waals surface area (Å²) in [6, 6.07) is 0.428. The average molecular weight is 331 g/mol. The van der Waals surface area contributed by atoms with E-state index in [9.17, 15) is 0 Å². The van der Waals surface area contributed by atoms with Gasteiger partial charge in [-0.15, -0.1) is 11.8 Å². The van der Waals surface area contributed by atoms with Crippen molar-refractivity contribution in [2.75, 3.05) is 11.5 Å². The van der Waals surface area contributed by atoms with E-state index < -0.39 is 0 Å². The van der Waals surface area contributed by atoms with Gasteiger partial charge in [-0.05, 0) is 32.4 Å². The van der Waals surface area contributed by atoms with Crippen molar-refractivity contribution in [3.05, 3.63) is 12.2 Å². The molecule has 0 aromatic rings. The van der Waals surface area contributed by atoms with E-state index in [1.807, 2.05) is 11.8 Å². The maximum absolute atomic E-state index is 5.48. The quantitative estimate of drug-likeness (QED) is 0.569. The summed E-state index contributed by atoms with van der Waals surface area (Å²) in [4.78, 5) is 5.48. The van der Waals surface area contributed by atoms with Crippen molar-refractivity contribution in [1.82, 2.24) is 21.6 Å². The number of hydrazine groups is 1. The SMILES string of the molecule is CC1NOC(C)C1CSC1NNC(/C=C/C2CCCS2)N1. The lowest BCUT2D eigenvalue weighted by Gasteiger charge is -2.18. The molecule has 120 valence electrons. The van der Waals surface area contributed by atoms with Crippen LogP contribution in [0, 0.1) is 5.92 Å². The van der Waals surface area contributed by atoms with E-state index in [4.69, 9.17) is 4.84 Å². The van der Waals surface area contributed by atoms with Crippen LogP contribution in [0.3, 0.4) is 0 Å². The molecule has 7 heteroatoms. The van der Waals surface area contributed by atoms with Gasteiger partial charge in [-0.1, -0.05) is 12.2 Å². The van der Waals surface area contributed by atoms with Crippen molar-refractivity contribution < 1.29 is 4.84 Å². The Kier molecular flexibility index (Phi) is 5.89. The second-order valence-corrected chi connectivity index (χ2v) is 8.46. The minimum atomic E-state index is 0.233. The topological polar surface area (TPSA) is 57.4 Å². The number of hydrogen-bond donors (Lipinski definition) is 4. The van der Waals surface area contributed by atoms with E-state index in [1.165, 1.54) is 18.6 Å². The molecule has 0 spiro atoms. The van der Waals surface area contributed by atoms with Crippen LogP contribution >= 0.6 is 23.5 Å². The standard InChI is InChI=1S/C14H26N4OS2/c1-9-12(10(2)19-18-9)8-21-14-15-13(16-17-14)6-5-11-4-3-7-20-11/h5-6,9-18H,3-4,7-8H2,1-2H3/b6-5+. The number of rotatable bonds is 5. The van der Waals surface area contributed by atoms with Crippen molar-refractivity contribution in [1.29, 1.82) is 0 Å². The highest BCUT2D eigenvalue weighted by molar-refractivity contribution is 8.00. The van der Waals surface area contributed by atoms with Crippen molar-refractivity contribution in [2.24, 2.45) is 5.92 Å². The Morgan fingerprint density at radius 3 is 2.90 bits per heavy atom. The maximum atomic E-state index is 5.48. The molecule has 3 heterocycles. The van der Waals surface area contributed by atoms with Gasteiger partial charge in [-0.2, -0.15) is 17.2 Å².